The lowest BCUT2D eigenvalue weighted by Crippen LogP contribution is -2.08. The summed E-state index contributed by atoms with van der Waals surface area (Å²) in [5.41, 5.74) is 0.750. The Labute approximate surface area is 115 Å². The SMILES string of the molecule is CCOC(=O)c1ncoc1-c1ccccc1C(=O)OC. The third-order valence-electron chi connectivity index (χ3n) is 2.61. The molecular formula is C14H13NO5. The molecule has 0 spiro atoms. The molecule has 0 radical (unpaired) electrons. The molecule has 6 heteroatoms. The lowest BCUT2D eigenvalue weighted by Gasteiger charge is -2.06. The van der Waals surface area contributed by atoms with Crippen LogP contribution in [0, 0.1) is 0 Å². The number of nitrogens with zero attached hydrogens (tertiary/aromatic N) is 1. The van der Waals surface area contributed by atoms with Crippen LogP contribution in [0.15, 0.2) is 35.1 Å². The summed E-state index contributed by atoms with van der Waals surface area (Å²) in [6.45, 7) is 1.92. The van der Waals surface area contributed by atoms with Crippen LogP contribution in [-0.2, 0) is 9.47 Å². The molecular weight excluding hydrogens is 262 g/mol. The van der Waals surface area contributed by atoms with Crippen LogP contribution in [0.4, 0.5) is 0 Å². The molecule has 20 heavy (non-hydrogen) atoms. The first-order valence-electron chi connectivity index (χ1n) is 5.97. The van der Waals surface area contributed by atoms with Gasteiger partial charge in [0.15, 0.2) is 17.8 Å². The second-order valence-corrected chi connectivity index (χ2v) is 3.79. The van der Waals surface area contributed by atoms with Crippen molar-refractivity contribution < 1.29 is 23.5 Å². The van der Waals surface area contributed by atoms with Gasteiger partial charge in [-0.1, -0.05) is 18.2 Å². The molecule has 1 aromatic heterocycles. The highest BCUT2D eigenvalue weighted by molar-refractivity contribution is 6.00. The summed E-state index contributed by atoms with van der Waals surface area (Å²) >= 11 is 0. The summed E-state index contributed by atoms with van der Waals surface area (Å²) in [4.78, 5) is 27.4. The first-order chi connectivity index (χ1) is 9.69. The number of oxazole rings is 1. The first-order valence-corrected chi connectivity index (χ1v) is 5.97. The molecule has 0 saturated carbocycles. The van der Waals surface area contributed by atoms with Gasteiger partial charge in [-0.3, -0.25) is 0 Å². The third kappa shape index (κ3) is 2.54. The third-order valence-corrected chi connectivity index (χ3v) is 2.61. The average molecular weight is 275 g/mol. The van der Waals surface area contributed by atoms with E-state index < -0.39 is 11.9 Å². The van der Waals surface area contributed by atoms with Crippen molar-refractivity contribution in [3.05, 3.63) is 41.9 Å². The Bertz CT molecular complexity index is 632. The van der Waals surface area contributed by atoms with Crippen molar-refractivity contribution in [2.24, 2.45) is 0 Å². The summed E-state index contributed by atoms with van der Waals surface area (Å²) in [7, 11) is 1.28. The molecule has 0 N–H and O–H groups in total. The van der Waals surface area contributed by atoms with Crippen LogP contribution in [-0.4, -0.2) is 30.6 Å². The quantitative estimate of drug-likeness (QED) is 0.797. The highest BCUT2D eigenvalue weighted by Crippen LogP contribution is 2.27. The Morgan fingerprint density at radius 3 is 2.70 bits per heavy atom. The average Bonchev–Trinajstić information content (AvgIpc) is 2.96. The van der Waals surface area contributed by atoms with Gasteiger partial charge < -0.3 is 13.9 Å². The highest BCUT2D eigenvalue weighted by Gasteiger charge is 2.23. The second-order valence-electron chi connectivity index (χ2n) is 3.79. The molecule has 2 aromatic rings. The lowest BCUT2D eigenvalue weighted by atomic mass is 10.0. The van der Waals surface area contributed by atoms with E-state index in [2.05, 4.69) is 4.98 Å². The number of hydrogen-bond acceptors (Lipinski definition) is 6. The van der Waals surface area contributed by atoms with E-state index in [1.165, 1.54) is 7.11 Å². The number of carbonyl (C=O) groups excluding carboxylic acids is 2. The number of hydrogen-bond donors (Lipinski definition) is 0. The summed E-state index contributed by atoms with van der Waals surface area (Å²) in [5.74, 6) is -0.938. The van der Waals surface area contributed by atoms with Gasteiger partial charge >= 0.3 is 11.9 Å². The lowest BCUT2D eigenvalue weighted by molar-refractivity contribution is 0.0519. The van der Waals surface area contributed by atoms with Crippen molar-refractivity contribution in [1.82, 2.24) is 4.98 Å². The standard InChI is InChI=1S/C14H13NO5/c1-3-19-14(17)11-12(20-8-15-11)9-6-4-5-7-10(9)13(16)18-2/h4-8H,3H2,1-2H3. The minimum absolute atomic E-state index is 0.0307. The van der Waals surface area contributed by atoms with E-state index in [0.717, 1.165) is 6.39 Å². The van der Waals surface area contributed by atoms with Gasteiger partial charge in [0.1, 0.15) is 0 Å². The van der Waals surface area contributed by atoms with Crippen LogP contribution < -0.4 is 0 Å². The number of benzene rings is 1. The van der Waals surface area contributed by atoms with Gasteiger partial charge in [0, 0.05) is 5.56 Å². The van der Waals surface area contributed by atoms with Gasteiger partial charge in [-0.25, -0.2) is 14.6 Å². The van der Waals surface area contributed by atoms with E-state index in [9.17, 15) is 9.59 Å². The summed E-state index contributed by atoms with van der Waals surface area (Å²) in [5, 5.41) is 0. The Morgan fingerprint density at radius 2 is 2.00 bits per heavy atom. The maximum absolute atomic E-state index is 11.8. The fraction of sp³-hybridized carbons (Fsp3) is 0.214. The largest absolute Gasteiger partial charge is 0.465 e. The van der Waals surface area contributed by atoms with E-state index in [1.54, 1.807) is 31.2 Å². The van der Waals surface area contributed by atoms with Crippen LogP contribution in [0.5, 0.6) is 0 Å². The first kappa shape index (κ1) is 13.8. The van der Waals surface area contributed by atoms with Crippen molar-refractivity contribution in [1.29, 1.82) is 0 Å². The maximum Gasteiger partial charge on any atom is 0.360 e. The molecule has 0 bridgehead atoms. The van der Waals surface area contributed by atoms with Gasteiger partial charge in [-0.2, -0.15) is 0 Å². The molecule has 2 rings (SSSR count). The fourth-order valence-electron chi connectivity index (χ4n) is 1.75. The van der Waals surface area contributed by atoms with Gasteiger partial charge in [0.05, 0.1) is 19.3 Å². The van der Waals surface area contributed by atoms with Crippen molar-refractivity contribution in [3.8, 4) is 11.3 Å². The number of ether oxygens (including phenoxy) is 2. The number of rotatable bonds is 4. The van der Waals surface area contributed by atoms with E-state index >= 15 is 0 Å². The fourth-order valence-corrected chi connectivity index (χ4v) is 1.75. The van der Waals surface area contributed by atoms with Crippen LogP contribution >= 0.6 is 0 Å². The number of methoxy groups -OCH3 is 1. The number of carbonyl (C=O) groups is 2. The molecule has 6 nitrogen and oxygen atoms in total. The Hall–Kier alpha value is -2.63. The monoisotopic (exact) mass is 275 g/mol. The van der Waals surface area contributed by atoms with Gasteiger partial charge in [0.25, 0.3) is 0 Å². The molecule has 0 fully saturated rings. The zero-order chi connectivity index (χ0) is 14.5. The van der Waals surface area contributed by atoms with E-state index in [4.69, 9.17) is 13.9 Å². The van der Waals surface area contributed by atoms with E-state index in [0.29, 0.717) is 5.56 Å². The van der Waals surface area contributed by atoms with Gasteiger partial charge in [-0.15, -0.1) is 0 Å². The van der Waals surface area contributed by atoms with Crippen molar-refractivity contribution in [2.75, 3.05) is 13.7 Å². The Morgan fingerprint density at radius 1 is 1.25 bits per heavy atom. The Balaban J connectivity index is 2.50. The van der Waals surface area contributed by atoms with E-state index in [-0.39, 0.29) is 23.6 Å². The predicted octanol–water partition coefficient (Wildman–Crippen LogP) is 2.30. The smallest absolute Gasteiger partial charge is 0.360 e. The summed E-state index contributed by atoms with van der Waals surface area (Å²) < 4.78 is 14.8. The summed E-state index contributed by atoms with van der Waals surface area (Å²) in [6, 6.07) is 6.64. The highest BCUT2D eigenvalue weighted by atomic mass is 16.5. The number of esters is 2. The normalized spacial score (nSPS) is 10.1. The van der Waals surface area contributed by atoms with Crippen LogP contribution in [0.2, 0.25) is 0 Å². The molecule has 0 aliphatic heterocycles. The zero-order valence-corrected chi connectivity index (χ0v) is 11.1. The second kappa shape index (κ2) is 6.01. The van der Waals surface area contributed by atoms with E-state index in [1.807, 2.05) is 0 Å². The van der Waals surface area contributed by atoms with Crippen LogP contribution in [0.3, 0.4) is 0 Å². The number of aromatic nitrogens is 1. The minimum atomic E-state index is -0.601. The van der Waals surface area contributed by atoms with Gasteiger partial charge in [-0.05, 0) is 13.0 Å². The van der Waals surface area contributed by atoms with Gasteiger partial charge in [0.2, 0.25) is 0 Å². The molecule has 0 saturated heterocycles. The summed E-state index contributed by atoms with van der Waals surface area (Å²) in [6.07, 6.45) is 1.13. The zero-order valence-electron chi connectivity index (χ0n) is 11.1. The minimum Gasteiger partial charge on any atom is -0.465 e. The Kier molecular flexibility index (Phi) is 4.14. The molecule has 0 unspecified atom stereocenters. The van der Waals surface area contributed by atoms with Crippen molar-refractivity contribution >= 4 is 11.9 Å². The molecule has 1 aromatic carbocycles. The molecule has 1 heterocycles. The van der Waals surface area contributed by atoms with Crippen LogP contribution in [0.25, 0.3) is 11.3 Å². The predicted molar refractivity (Wildman–Crippen MR) is 69.2 cm³/mol. The van der Waals surface area contributed by atoms with Crippen molar-refractivity contribution in [2.45, 2.75) is 6.92 Å². The molecule has 0 atom stereocenters. The molecule has 104 valence electrons. The maximum atomic E-state index is 11.8. The topological polar surface area (TPSA) is 78.6 Å². The molecule has 0 amide bonds. The van der Waals surface area contributed by atoms with Crippen molar-refractivity contribution in [3.63, 3.8) is 0 Å². The molecule has 0 aliphatic carbocycles. The van der Waals surface area contributed by atoms with Crippen LogP contribution in [0.1, 0.15) is 27.8 Å². The molecule has 0 aliphatic rings.